The lowest BCUT2D eigenvalue weighted by Gasteiger charge is -2.36. The Labute approximate surface area is 232 Å². The third-order valence-electron chi connectivity index (χ3n) is 8.80. The summed E-state index contributed by atoms with van der Waals surface area (Å²) >= 11 is 0. The fourth-order valence-corrected chi connectivity index (χ4v) is 6.55. The van der Waals surface area contributed by atoms with Crippen LogP contribution in [0.1, 0.15) is 55.6 Å². The summed E-state index contributed by atoms with van der Waals surface area (Å²) in [6.07, 6.45) is 12.9. The molecule has 1 aliphatic heterocycles. The molecule has 0 radical (unpaired) electrons. The second-order valence-corrected chi connectivity index (χ2v) is 11.4. The van der Waals surface area contributed by atoms with E-state index in [0.29, 0.717) is 12.0 Å². The zero-order valence-electron chi connectivity index (χ0n) is 22.7. The fraction of sp³-hybridized carbons (Fsp3) is 0.343. The van der Waals surface area contributed by atoms with Gasteiger partial charge in [0.25, 0.3) is 0 Å². The lowest BCUT2D eigenvalue weighted by molar-refractivity contribution is -0.117. The summed E-state index contributed by atoms with van der Waals surface area (Å²) in [5, 5.41) is 4.64. The van der Waals surface area contributed by atoms with E-state index in [4.69, 9.17) is 0 Å². The molecule has 1 saturated heterocycles. The Balaban J connectivity index is 0.917. The van der Waals surface area contributed by atoms with Gasteiger partial charge in [0.05, 0.1) is 0 Å². The molecule has 4 nitrogen and oxygen atoms in total. The van der Waals surface area contributed by atoms with Gasteiger partial charge in [-0.05, 0) is 97.8 Å². The van der Waals surface area contributed by atoms with Crippen LogP contribution in [0.4, 0.5) is 0 Å². The predicted octanol–water partition coefficient (Wildman–Crippen LogP) is 7.40. The quantitative estimate of drug-likeness (QED) is 0.251. The first-order chi connectivity index (χ1) is 19.2. The summed E-state index contributed by atoms with van der Waals surface area (Å²) in [5.74, 6) is 1.43. The number of nitrogens with one attached hydrogen (secondary N) is 2. The molecule has 4 aromatic rings. The number of carbonyl (C=O) groups is 1. The maximum absolute atomic E-state index is 12.6. The van der Waals surface area contributed by atoms with Gasteiger partial charge in [-0.2, -0.15) is 0 Å². The molecule has 39 heavy (non-hydrogen) atoms. The van der Waals surface area contributed by atoms with Gasteiger partial charge in [0, 0.05) is 35.8 Å². The van der Waals surface area contributed by atoms with E-state index in [1.807, 2.05) is 12.1 Å². The van der Waals surface area contributed by atoms with E-state index in [1.165, 1.54) is 72.9 Å². The number of aromatic nitrogens is 1. The average Bonchev–Trinajstić information content (AvgIpc) is 3.43. The van der Waals surface area contributed by atoms with E-state index < -0.39 is 0 Å². The van der Waals surface area contributed by atoms with Gasteiger partial charge in [-0.1, -0.05) is 72.8 Å². The van der Waals surface area contributed by atoms with Crippen molar-refractivity contribution in [3.8, 4) is 11.1 Å². The van der Waals surface area contributed by atoms with Gasteiger partial charge in [-0.15, -0.1) is 0 Å². The molecule has 2 fully saturated rings. The highest BCUT2D eigenvalue weighted by molar-refractivity contribution is 5.92. The van der Waals surface area contributed by atoms with Crippen molar-refractivity contribution in [2.45, 2.75) is 50.5 Å². The highest BCUT2D eigenvalue weighted by Gasteiger charge is 2.27. The summed E-state index contributed by atoms with van der Waals surface area (Å²) in [4.78, 5) is 18.7. The molecule has 0 spiro atoms. The van der Waals surface area contributed by atoms with E-state index in [0.717, 1.165) is 24.3 Å². The lowest BCUT2D eigenvalue weighted by atomic mass is 9.84. The molecule has 2 N–H and O–H groups in total. The van der Waals surface area contributed by atoms with E-state index in [1.54, 1.807) is 6.08 Å². The number of piperidine rings is 1. The van der Waals surface area contributed by atoms with Crippen LogP contribution in [-0.2, 0) is 4.79 Å². The number of hydrogen-bond donors (Lipinski definition) is 2. The summed E-state index contributed by atoms with van der Waals surface area (Å²) < 4.78 is 0. The third-order valence-corrected chi connectivity index (χ3v) is 8.80. The van der Waals surface area contributed by atoms with Crippen LogP contribution in [0.15, 0.2) is 91.1 Å². The molecule has 1 amide bonds. The van der Waals surface area contributed by atoms with E-state index in [-0.39, 0.29) is 5.91 Å². The molecule has 0 unspecified atom stereocenters. The topological polar surface area (TPSA) is 48.1 Å². The Hall–Kier alpha value is -3.63. The molecule has 2 heterocycles. The third kappa shape index (κ3) is 6.34. The summed E-state index contributed by atoms with van der Waals surface area (Å²) in [6.45, 7) is 3.59. The maximum Gasteiger partial charge on any atom is 0.244 e. The minimum atomic E-state index is 0.0185. The molecule has 0 atom stereocenters. The fourth-order valence-electron chi connectivity index (χ4n) is 6.55. The molecule has 1 aliphatic carbocycles. The number of benzene rings is 3. The van der Waals surface area contributed by atoms with E-state index in [2.05, 4.69) is 94.2 Å². The van der Waals surface area contributed by atoms with Crippen LogP contribution < -0.4 is 5.32 Å². The van der Waals surface area contributed by atoms with Gasteiger partial charge in [0.2, 0.25) is 5.91 Å². The number of aromatic amines is 1. The van der Waals surface area contributed by atoms with Crippen LogP contribution in [0.3, 0.4) is 0 Å². The zero-order chi connectivity index (χ0) is 26.4. The number of rotatable bonds is 7. The molecule has 3 aromatic carbocycles. The average molecular weight is 518 g/mol. The normalized spacial score (nSPS) is 20.9. The summed E-state index contributed by atoms with van der Waals surface area (Å²) in [7, 11) is 0. The van der Waals surface area contributed by atoms with Crippen molar-refractivity contribution in [3.05, 3.63) is 102 Å². The minimum Gasteiger partial charge on any atom is -0.361 e. The zero-order valence-corrected chi connectivity index (χ0v) is 22.7. The molecular formula is C35H39N3O. The highest BCUT2D eigenvalue weighted by atomic mass is 16.1. The van der Waals surface area contributed by atoms with Crippen LogP contribution in [0.2, 0.25) is 0 Å². The first-order valence-corrected chi connectivity index (χ1v) is 14.6. The maximum atomic E-state index is 12.6. The second-order valence-electron chi connectivity index (χ2n) is 11.4. The van der Waals surface area contributed by atoms with Crippen molar-refractivity contribution in [1.82, 2.24) is 15.2 Å². The van der Waals surface area contributed by atoms with Crippen LogP contribution >= 0.6 is 0 Å². The van der Waals surface area contributed by atoms with Crippen molar-refractivity contribution < 1.29 is 4.79 Å². The van der Waals surface area contributed by atoms with Gasteiger partial charge in [-0.3, -0.25) is 4.79 Å². The number of carbonyl (C=O) groups excluding carboxylic acids is 1. The smallest absolute Gasteiger partial charge is 0.244 e. The number of amides is 1. The van der Waals surface area contributed by atoms with Crippen molar-refractivity contribution in [1.29, 1.82) is 0 Å². The van der Waals surface area contributed by atoms with Crippen LogP contribution in [-0.4, -0.2) is 41.5 Å². The van der Waals surface area contributed by atoms with Crippen LogP contribution in [0, 0.1) is 5.92 Å². The Kier molecular flexibility index (Phi) is 7.92. The van der Waals surface area contributed by atoms with Gasteiger partial charge in [-0.25, -0.2) is 0 Å². The van der Waals surface area contributed by atoms with Gasteiger partial charge in [0.1, 0.15) is 0 Å². The SMILES string of the molecule is O=C(/C=C/c1ccc(-c2ccccc2)cc1)NC1CCC(CN2CCC(c3c[nH]c4ccccc34)CC2)CC1. The van der Waals surface area contributed by atoms with E-state index >= 15 is 0 Å². The molecule has 200 valence electrons. The number of fused-ring (bicyclic) bond motifs is 1. The van der Waals surface area contributed by atoms with Gasteiger partial charge >= 0.3 is 0 Å². The molecule has 6 rings (SSSR count). The number of nitrogens with zero attached hydrogens (tertiary/aromatic N) is 1. The molecular weight excluding hydrogens is 478 g/mol. The number of likely N-dealkylation sites (tertiary alicyclic amines) is 1. The Morgan fingerprint density at radius 3 is 2.28 bits per heavy atom. The number of para-hydroxylation sites is 1. The molecule has 1 saturated carbocycles. The van der Waals surface area contributed by atoms with Gasteiger partial charge in [0.15, 0.2) is 0 Å². The Morgan fingerprint density at radius 1 is 0.821 bits per heavy atom. The summed E-state index contributed by atoms with van der Waals surface area (Å²) in [5.41, 5.74) is 6.19. The standard InChI is InChI=1S/C35H39N3O/c39-35(19-14-26-10-15-29(16-11-26)28-6-2-1-3-7-28)37-31-17-12-27(13-18-31)25-38-22-20-30(21-23-38)33-24-36-34-9-5-4-8-32(33)34/h1-11,14-16,19,24,27,30-31,36H,12-13,17-18,20-23,25H2,(H,37,39)/b19-14+. The number of H-pyrrole nitrogens is 1. The minimum absolute atomic E-state index is 0.0185. The lowest BCUT2D eigenvalue weighted by Crippen LogP contribution is -2.41. The van der Waals surface area contributed by atoms with Crippen molar-refractivity contribution >= 4 is 22.9 Å². The van der Waals surface area contributed by atoms with Crippen molar-refractivity contribution in [2.75, 3.05) is 19.6 Å². The molecule has 4 heteroatoms. The first kappa shape index (κ1) is 25.6. The van der Waals surface area contributed by atoms with Crippen LogP contribution in [0.25, 0.3) is 28.1 Å². The largest absolute Gasteiger partial charge is 0.361 e. The van der Waals surface area contributed by atoms with Crippen molar-refractivity contribution in [2.24, 2.45) is 5.92 Å². The number of hydrogen-bond acceptors (Lipinski definition) is 2. The predicted molar refractivity (Wildman–Crippen MR) is 162 cm³/mol. The van der Waals surface area contributed by atoms with Crippen molar-refractivity contribution in [3.63, 3.8) is 0 Å². The highest BCUT2D eigenvalue weighted by Crippen LogP contribution is 2.34. The Morgan fingerprint density at radius 2 is 1.51 bits per heavy atom. The summed E-state index contributed by atoms with van der Waals surface area (Å²) in [6, 6.07) is 27.7. The first-order valence-electron chi connectivity index (χ1n) is 14.6. The van der Waals surface area contributed by atoms with Gasteiger partial charge < -0.3 is 15.2 Å². The van der Waals surface area contributed by atoms with Crippen LogP contribution in [0.5, 0.6) is 0 Å². The second kappa shape index (κ2) is 12.0. The Bertz CT molecular complexity index is 1390. The monoisotopic (exact) mass is 517 g/mol. The van der Waals surface area contributed by atoms with E-state index in [9.17, 15) is 4.79 Å². The molecule has 1 aromatic heterocycles. The molecule has 0 bridgehead atoms. The molecule has 2 aliphatic rings.